The molecule has 1 aromatic heterocycles. The summed E-state index contributed by atoms with van der Waals surface area (Å²) in [4.78, 5) is 8.43. The van der Waals surface area contributed by atoms with E-state index < -0.39 is 0 Å². The maximum absolute atomic E-state index is 5.97. The van der Waals surface area contributed by atoms with Crippen molar-refractivity contribution < 1.29 is 4.52 Å². The second-order valence-corrected chi connectivity index (χ2v) is 4.31. The third-order valence-electron chi connectivity index (χ3n) is 3.00. The molecule has 1 fully saturated rings. The summed E-state index contributed by atoms with van der Waals surface area (Å²) >= 11 is 0. The summed E-state index contributed by atoms with van der Waals surface area (Å²) in [5.74, 6) is 2.39. The van der Waals surface area contributed by atoms with Gasteiger partial charge in [0, 0.05) is 12.8 Å². The van der Waals surface area contributed by atoms with Crippen LogP contribution in [0.4, 0.5) is 0 Å². The Morgan fingerprint density at radius 3 is 2.81 bits per heavy atom. The van der Waals surface area contributed by atoms with Gasteiger partial charge in [-0.05, 0) is 12.8 Å². The molecule has 88 valence electrons. The lowest BCUT2D eigenvalue weighted by Gasteiger charge is -2.20. The van der Waals surface area contributed by atoms with E-state index in [9.17, 15) is 0 Å². The Labute approximate surface area is 95.1 Å². The van der Waals surface area contributed by atoms with Crippen molar-refractivity contribution in [3.05, 3.63) is 11.7 Å². The van der Waals surface area contributed by atoms with Crippen molar-refractivity contribution in [2.45, 2.75) is 45.6 Å². The van der Waals surface area contributed by atoms with Crippen LogP contribution in [-0.2, 0) is 6.54 Å². The number of nitrogens with zero attached hydrogens (tertiary/aromatic N) is 3. The van der Waals surface area contributed by atoms with E-state index in [1.54, 1.807) is 6.92 Å². The molecule has 1 heterocycles. The van der Waals surface area contributed by atoms with E-state index in [1.165, 1.54) is 32.1 Å². The summed E-state index contributed by atoms with van der Waals surface area (Å²) in [6.07, 6.45) is 6.19. The number of aryl methyl sites for hydroxylation is 1. The largest absolute Gasteiger partial charge is 0.387 e. The Hall–Kier alpha value is -1.39. The van der Waals surface area contributed by atoms with Crippen LogP contribution in [0.15, 0.2) is 9.52 Å². The Bertz CT molecular complexity index is 366. The number of aromatic nitrogens is 2. The first-order chi connectivity index (χ1) is 7.75. The predicted molar refractivity (Wildman–Crippen MR) is 60.9 cm³/mol. The van der Waals surface area contributed by atoms with E-state index in [1.807, 2.05) is 0 Å². The summed E-state index contributed by atoms with van der Waals surface area (Å²) in [6, 6.07) is 0. The molecule has 2 N–H and O–H groups in total. The Balaban J connectivity index is 1.90. The van der Waals surface area contributed by atoms with Gasteiger partial charge < -0.3 is 10.3 Å². The molecule has 5 nitrogen and oxygen atoms in total. The maximum Gasteiger partial charge on any atom is 0.223 e. The first-order valence-corrected chi connectivity index (χ1v) is 5.84. The molecular weight excluding hydrogens is 204 g/mol. The lowest BCUT2D eigenvalue weighted by atomic mass is 9.88. The summed E-state index contributed by atoms with van der Waals surface area (Å²) in [5.41, 5.74) is 5.97. The van der Waals surface area contributed by atoms with Gasteiger partial charge in [-0.25, -0.2) is 0 Å². The lowest BCUT2D eigenvalue weighted by molar-refractivity contribution is 0.387. The minimum Gasteiger partial charge on any atom is -0.387 e. The molecule has 0 aliphatic heterocycles. The van der Waals surface area contributed by atoms with E-state index in [4.69, 9.17) is 10.3 Å². The average molecular weight is 222 g/mol. The molecule has 0 amide bonds. The van der Waals surface area contributed by atoms with Gasteiger partial charge in [0.1, 0.15) is 6.54 Å². The van der Waals surface area contributed by atoms with Crippen LogP contribution in [0.25, 0.3) is 0 Å². The predicted octanol–water partition coefficient (Wildman–Crippen LogP) is 1.82. The number of nitrogens with two attached hydrogens (primary N) is 1. The number of hydrogen-bond acceptors (Lipinski definition) is 4. The van der Waals surface area contributed by atoms with E-state index in [0.29, 0.717) is 24.2 Å². The zero-order valence-electron chi connectivity index (χ0n) is 9.65. The Morgan fingerprint density at radius 1 is 1.44 bits per heavy atom. The van der Waals surface area contributed by atoms with Crippen LogP contribution in [0.2, 0.25) is 0 Å². The summed E-state index contributed by atoms with van der Waals surface area (Å²) in [7, 11) is 0. The van der Waals surface area contributed by atoms with Gasteiger partial charge in [-0.3, -0.25) is 4.99 Å². The molecule has 1 saturated carbocycles. The van der Waals surface area contributed by atoms with Gasteiger partial charge in [-0.2, -0.15) is 4.98 Å². The average Bonchev–Trinajstić information content (AvgIpc) is 2.73. The molecule has 5 heteroatoms. The smallest absolute Gasteiger partial charge is 0.223 e. The van der Waals surface area contributed by atoms with Crippen molar-refractivity contribution in [2.75, 3.05) is 0 Å². The van der Waals surface area contributed by atoms with Gasteiger partial charge >= 0.3 is 0 Å². The van der Waals surface area contributed by atoms with Gasteiger partial charge in [-0.15, -0.1) is 0 Å². The molecule has 0 spiro atoms. The highest BCUT2D eigenvalue weighted by molar-refractivity contribution is 5.82. The molecule has 0 atom stereocenters. The van der Waals surface area contributed by atoms with Crippen LogP contribution in [-0.4, -0.2) is 16.0 Å². The van der Waals surface area contributed by atoms with Crippen molar-refractivity contribution >= 4 is 5.84 Å². The minimum absolute atomic E-state index is 0.430. The van der Waals surface area contributed by atoms with Crippen molar-refractivity contribution in [1.29, 1.82) is 0 Å². The number of rotatable bonds is 3. The standard InChI is InChI=1S/C11H18N4O/c1-8-14-10(15-16-8)7-13-11(12)9-5-3-2-4-6-9/h9H,2-7H2,1H3,(H2,12,13). The topological polar surface area (TPSA) is 77.3 Å². The monoisotopic (exact) mass is 222 g/mol. The molecule has 1 aromatic rings. The van der Waals surface area contributed by atoms with E-state index in [2.05, 4.69) is 15.1 Å². The van der Waals surface area contributed by atoms with Crippen LogP contribution < -0.4 is 5.73 Å². The van der Waals surface area contributed by atoms with Crippen LogP contribution in [0.3, 0.4) is 0 Å². The van der Waals surface area contributed by atoms with Crippen LogP contribution >= 0.6 is 0 Å². The maximum atomic E-state index is 5.97. The molecule has 0 unspecified atom stereocenters. The molecular formula is C11H18N4O. The minimum atomic E-state index is 0.430. The number of aliphatic imine (C=N–C) groups is 1. The highest BCUT2D eigenvalue weighted by Crippen LogP contribution is 2.23. The first kappa shape index (κ1) is 11.1. The second kappa shape index (κ2) is 5.09. The summed E-state index contributed by atoms with van der Waals surface area (Å²) < 4.78 is 4.87. The molecule has 0 radical (unpaired) electrons. The zero-order valence-corrected chi connectivity index (χ0v) is 9.65. The molecule has 1 aliphatic carbocycles. The van der Waals surface area contributed by atoms with Gasteiger partial charge in [0.05, 0.1) is 5.84 Å². The molecule has 0 aromatic carbocycles. The van der Waals surface area contributed by atoms with Crippen molar-refractivity contribution in [3.8, 4) is 0 Å². The van der Waals surface area contributed by atoms with E-state index in [0.717, 1.165) is 5.84 Å². The van der Waals surface area contributed by atoms with Gasteiger partial charge in [0.15, 0.2) is 5.82 Å². The highest BCUT2D eigenvalue weighted by atomic mass is 16.5. The molecule has 16 heavy (non-hydrogen) atoms. The van der Waals surface area contributed by atoms with E-state index in [-0.39, 0.29) is 0 Å². The third-order valence-corrected chi connectivity index (χ3v) is 3.00. The van der Waals surface area contributed by atoms with Crippen molar-refractivity contribution in [1.82, 2.24) is 10.1 Å². The van der Waals surface area contributed by atoms with Gasteiger partial charge in [0.2, 0.25) is 5.89 Å². The van der Waals surface area contributed by atoms with Crippen LogP contribution in [0.1, 0.15) is 43.8 Å². The van der Waals surface area contributed by atoms with Crippen LogP contribution in [0.5, 0.6) is 0 Å². The van der Waals surface area contributed by atoms with E-state index >= 15 is 0 Å². The fraction of sp³-hybridized carbons (Fsp3) is 0.727. The molecule has 0 saturated heterocycles. The van der Waals surface area contributed by atoms with Crippen molar-refractivity contribution in [2.24, 2.45) is 16.6 Å². The summed E-state index contributed by atoms with van der Waals surface area (Å²) in [6.45, 7) is 2.20. The Morgan fingerprint density at radius 2 is 2.19 bits per heavy atom. The fourth-order valence-electron chi connectivity index (χ4n) is 2.09. The third kappa shape index (κ3) is 2.81. The van der Waals surface area contributed by atoms with Gasteiger partial charge in [-0.1, -0.05) is 24.4 Å². The fourth-order valence-corrected chi connectivity index (χ4v) is 2.09. The zero-order chi connectivity index (χ0) is 11.4. The molecule has 0 bridgehead atoms. The van der Waals surface area contributed by atoms with Crippen molar-refractivity contribution in [3.63, 3.8) is 0 Å². The highest BCUT2D eigenvalue weighted by Gasteiger charge is 2.16. The molecule has 2 rings (SSSR count). The number of amidine groups is 1. The van der Waals surface area contributed by atoms with Gasteiger partial charge in [0.25, 0.3) is 0 Å². The first-order valence-electron chi connectivity index (χ1n) is 5.84. The molecule has 1 aliphatic rings. The number of hydrogen-bond donors (Lipinski definition) is 1. The summed E-state index contributed by atoms with van der Waals surface area (Å²) in [5, 5.41) is 3.78. The quantitative estimate of drug-likeness (QED) is 0.625. The Kier molecular flexibility index (Phi) is 3.54. The lowest BCUT2D eigenvalue weighted by Crippen LogP contribution is -2.25. The second-order valence-electron chi connectivity index (χ2n) is 4.31. The SMILES string of the molecule is Cc1nc(CN=C(N)C2CCCCC2)no1. The van der Waals surface area contributed by atoms with Crippen LogP contribution in [0, 0.1) is 12.8 Å². The normalized spacial score (nSPS) is 18.9.